The fourth-order valence-electron chi connectivity index (χ4n) is 3.59. The minimum Gasteiger partial charge on any atom is -0.368 e. The van der Waals surface area contributed by atoms with Crippen molar-refractivity contribution in [3.05, 3.63) is 71.7 Å². The van der Waals surface area contributed by atoms with Gasteiger partial charge in [-0.1, -0.05) is 30.3 Å². The van der Waals surface area contributed by atoms with E-state index in [4.69, 9.17) is 11.0 Å². The molecule has 1 fully saturated rings. The Labute approximate surface area is 198 Å². The van der Waals surface area contributed by atoms with Gasteiger partial charge in [-0.2, -0.15) is 5.26 Å². The highest BCUT2D eigenvalue weighted by Crippen LogP contribution is 2.24. The van der Waals surface area contributed by atoms with Gasteiger partial charge in [0, 0.05) is 11.3 Å². The highest BCUT2D eigenvalue weighted by Gasteiger charge is 2.11. The Morgan fingerprint density at radius 3 is 2.47 bits per heavy atom. The summed E-state index contributed by atoms with van der Waals surface area (Å²) in [6, 6.07) is 17.0. The normalized spacial score (nSPS) is 12.6. The van der Waals surface area contributed by atoms with Gasteiger partial charge in [0.05, 0.1) is 41.5 Å². The third kappa shape index (κ3) is 5.99. The van der Waals surface area contributed by atoms with Crippen LogP contribution in [0.15, 0.2) is 54.7 Å². The van der Waals surface area contributed by atoms with E-state index >= 15 is 0 Å². The first-order valence-corrected chi connectivity index (χ1v) is 11.4. The number of hydrogen-bond acceptors (Lipinski definition) is 8. The fraction of sp³-hybridized carbons (Fsp3) is 0.280. The topological polar surface area (TPSA) is 131 Å². The summed E-state index contributed by atoms with van der Waals surface area (Å²) < 4.78 is 1.71. The predicted molar refractivity (Wildman–Crippen MR) is 130 cm³/mol. The summed E-state index contributed by atoms with van der Waals surface area (Å²) in [6.07, 6.45) is 5.46. The number of aryl methyl sites for hydroxylation is 1. The van der Waals surface area contributed by atoms with Crippen LogP contribution in [0.5, 0.6) is 0 Å². The smallest absolute Gasteiger partial charge is 0.221 e. The van der Waals surface area contributed by atoms with E-state index in [0.717, 1.165) is 23.4 Å². The molecule has 0 saturated carbocycles. The van der Waals surface area contributed by atoms with E-state index in [1.54, 1.807) is 35.1 Å². The molecule has 9 nitrogen and oxygen atoms in total. The molecule has 1 aliphatic rings. The van der Waals surface area contributed by atoms with Crippen molar-refractivity contribution in [1.29, 1.82) is 5.26 Å². The van der Waals surface area contributed by atoms with Crippen molar-refractivity contribution in [3.63, 3.8) is 0 Å². The third-order valence-electron chi connectivity index (χ3n) is 5.34. The number of rotatable bonds is 5. The first-order chi connectivity index (χ1) is 16.6. The summed E-state index contributed by atoms with van der Waals surface area (Å²) >= 11 is 0. The maximum absolute atomic E-state index is 9.12. The van der Waals surface area contributed by atoms with Crippen molar-refractivity contribution in [1.82, 2.24) is 35.3 Å². The Morgan fingerprint density at radius 1 is 0.971 bits per heavy atom. The number of pyridine rings is 1. The van der Waals surface area contributed by atoms with Crippen LogP contribution in [-0.2, 0) is 13.0 Å². The van der Waals surface area contributed by atoms with Crippen LogP contribution in [0.25, 0.3) is 22.6 Å². The van der Waals surface area contributed by atoms with Gasteiger partial charge in [-0.25, -0.2) is 14.6 Å². The molecule has 0 atom stereocenters. The number of nitrogen functional groups attached to an aromatic ring is 1. The van der Waals surface area contributed by atoms with E-state index in [2.05, 4.69) is 43.6 Å². The number of anilines is 1. The van der Waals surface area contributed by atoms with Gasteiger partial charge in [0.25, 0.3) is 0 Å². The molecule has 3 aromatic heterocycles. The highest BCUT2D eigenvalue weighted by atomic mass is 15.4. The Balaban J connectivity index is 0.000000486. The SMILES string of the molecule is C1CCNC1.CCc1cccc(Cn2cc(-c3cc(-c4cccc(C#N)c4)nc(N)n3)nn2)n1. The van der Waals surface area contributed by atoms with Crippen LogP contribution in [0, 0.1) is 11.3 Å². The lowest BCUT2D eigenvalue weighted by atomic mass is 10.1. The van der Waals surface area contributed by atoms with Crippen molar-refractivity contribution >= 4 is 5.95 Å². The Morgan fingerprint density at radius 2 is 1.74 bits per heavy atom. The molecule has 172 valence electrons. The summed E-state index contributed by atoms with van der Waals surface area (Å²) in [4.78, 5) is 13.2. The first kappa shape index (κ1) is 23.0. The van der Waals surface area contributed by atoms with Gasteiger partial charge in [0.1, 0.15) is 5.69 Å². The molecule has 34 heavy (non-hydrogen) atoms. The minimum atomic E-state index is 0.131. The number of hydrogen-bond donors (Lipinski definition) is 2. The predicted octanol–water partition coefficient (Wildman–Crippen LogP) is 3.23. The molecule has 4 aromatic rings. The number of aromatic nitrogens is 6. The van der Waals surface area contributed by atoms with Crippen molar-refractivity contribution in [2.24, 2.45) is 0 Å². The summed E-state index contributed by atoms with van der Waals surface area (Å²) in [5.74, 6) is 0.131. The van der Waals surface area contributed by atoms with Gasteiger partial charge in [0.15, 0.2) is 0 Å². The van der Waals surface area contributed by atoms with E-state index < -0.39 is 0 Å². The number of nitrogens with zero attached hydrogens (tertiary/aromatic N) is 7. The largest absolute Gasteiger partial charge is 0.368 e. The van der Waals surface area contributed by atoms with E-state index in [1.807, 2.05) is 24.3 Å². The van der Waals surface area contributed by atoms with E-state index in [0.29, 0.717) is 29.2 Å². The quantitative estimate of drug-likeness (QED) is 0.471. The molecule has 0 bridgehead atoms. The third-order valence-corrected chi connectivity index (χ3v) is 5.34. The maximum Gasteiger partial charge on any atom is 0.221 e. The van der Waals surface area contributed by atoms with Gasteiger partial charge in [-0.3, -0.25) is 4.98 Å². The van der Waals surface area contributed by atoms with Crippen molar-refractivity contribution in [3.8, 4) is 28.7 Å². The monoisotopic (exact) mass is 453 g/mol. The van der Waals surface area contributed by atoms with Crippen LogP contribution < -0.4 is 11.1 Å². The van der Waals surface area contributed by atoms with Gasteiger partial charge >= 0.3 is 0 Å². The van der Waals surface area contributed by atoms with Crippen LogP contribution >= 0.6 is 0 Å². The molecule has 0 unspecified atom stereocenters. The molecule has 0 radical (unpaired) electrons. The Bertz CT molecular complexity index is 1280. The van der Waals surface area contributed by atoms with Gasteiger partial charge in [0.2, 0.25) is 5.95 Å². The van der Waals surface area contributed by atoms with Crippen LogP contribution in [0.1, 0.15) is 36.7 Å². The molecule has 5 rings (SSSR count). The highest BCUT2D eigenvalue weighted by molar-refractivity contribution is 5.68. The standard InChI is InChI=1S/C21H18N8.C4H9N/c1-2-16-7-4-8-17(24-16)12-29-13-20(27-28-29)19-10-18(25-21(23)26-19)15-6-3-5-14(9-15)11-22;1-2-4-5-3-1/h3-10,13H,2,12H2,1H3,(H2,23,25,26);5H,1-4H2. The molecule has 4 heterocycles. The molecular weight excluding hydrogens is 426 g/mol. The van der Waals surface area contributed by atoms with Gasteiger partial charge < -0.3 is 11.1 Å². The average molecular weight is 454 g/mol. The van der Waals surface area contributed by atoms with E-state index in [9.17, 15) is 0 Å². The molecule has 0 aliphatic carbocycles. The molecule has 0 spiro atoms. The number of benzene rings is 1. The van der Waals surface area contributed by atoms with Crippen LogP contribution in [0.3, 0.4) is 0 Å². The molecule has 3 N–H and O–H groups in total. The maximum atomic E-state index is 9.12. The van der Waals surface area contributed by atoms with Gasteiger partial charge in [-0.15, -0.1) is 5.10 Å². The Hall–Kier alpha value is -4.16. The van der Waals surface area contributed by atoms with E-state index in [1.165, 1.54) is 25.9 Å². The molecule has 1 aromatic carbocycles. The lowest BCUT2D eigenvalue weighted by Crippen LogP contribution is -2.03. The molecule has 1 aliphatic heterocycles. The lowest BCUT2D eigenvalue weighted by Gasteiger charge is -2.05. The average Bonchev–Trinajstić information content (AvgIpc) is 3.60. The number of nitriles is 1. The van der Waals surface area contributed by atoms with Crippen molar-refractivity contribution < 1.29 is 0 Å². The van der Waals surface area contributed by atoms with Crippen molar-refractivity contribution in [2.75, 3.05) is 18.8 Å². The number of nitrogens with two attached hydrogens (primary N) is 1. The summed E-state index contributed by atoms with van der Waals surface area (Å²) in [7, 11) is 0. The molecule has 9 heteroatoms. The number of nitrogens with one attached hydrogen (secondary N) is 1. The molecular formula is C25H27N9. The lowest BCUT2D eigenvalue weighted by molar-refractivity contribution is 0.636. The first-order valence-electron chi connectivity index (χ1n) is 11.4. The molecule has 0 amide bonds. The van der Waals surface area contributed by atoms with Crippen LogP contribution in [-0.4, -0.2) is 43.0 Å². The Kier molecular flexibility index (Phi) is 7.53. The van der Waals surface area contributed by atoms with Crippen molar-refractivity contribution in [2.45, 2.75) is 32.7 Å². The molecule has 1 saturated heterocycles. The summed E-state index contributed by atoms with van der Waals surface area (Å²) in [5, 5.41) is 20.7. The van der Waals surface area contributed by atoms with Gasteiger partial charge in [-0.05, 0) is 62.7 Å². The van der Waals surface area contributed by atoms with E-state index in [-0.39, 0.29) is 5.95 Å². The second-order valence-corrected chi connectivity index (χ2v) is 7.92. The second-order valence-electron chi connectivity index (χ2n) is 7.92. The summed E-state index contributed by atoms with van der Waals surface area (Å²) in [5.41, 5.74) is 11.0. The zero-order valence-corrected chi connectivity index (χ0v) is 19.1. The summed E-state index contributed by atoms with van der Waals surface area (Å²) in [6.45, 7) is 5.08. The minimum absolute atomic E-state index is 0.131. The second kappa shape index (κ2) is 11.1. The van der Waals surface area contributed by atoms with Crippen LogP contribution in [0.2, 0.25) is 0 Å². The fourth-order valence-corrected chi connectivity index (χ4v) is 3.59. The van der Waals surface area contributed by atoms with Crippen LogP contribution in [0.4, 0.5) is 5.95 Å². The zero-order valence-electron chi connectivity index (χ0n) is 19.1. The zero-order chi connectivity index (χ0) is 23.8.